The van der Waals surface area contributed by atoms with Gasteiger partial charge in [0.25, 0.3) is 0 Å². The Kier molecular flexibility index (Phi) is 15.0. The molecule has 1 atom stereocenters. The number of carbonyl (C=O) groups excluding carboxylic acids is 2. The number of aliphatic carboxylic acids is 2. The van der Waals surface area contributed by atoms with Gasteiger partial charge in [0.1, 0.15) is 0 Å². The summed E-state index contributed by atoms with van der Waals surface area (Å²) in [5, 5.41) is 24.0. The molecule has 80 heavy (non-hydrogen) atoms. The van der Waals surface area contributed by atoms with Crippen molar-refractivity contribution >= 4 is 33.7 Å². The van der Waals surface area contributed by atoms with Gasteiger partial charge in [0.05, 0.1) is 33.2 Å². The number of carbonyl (C=O) groups is 2. The highest BCUT2D eigenvalue weighted by atomic mass is 32.2. The molecule has 6 heteroatoms. The van der Waals surface area contributed by atoms with Crippen LogP contribution >= 0.6 is 0 Å². The van der Waals surface area contributed by atoms with Crippen LogP contribution in [-0.4, -0.2) is 11.9 Å². The molecule has 4 nitrogen and oxygen atoms in total. The quantitative estimate of drug-likeness (QED) is 0.142. The van der Waals surface area contributed by atoms with E-state index in [1.54, 1.807) is 0 Å². The number of benzene rings is 11. The first-order valence-corrected chi connectivity index (χ1v) is 29.6. The van der Waals surface area contributed by atoms with E-state index in [-0.39, 0.29) is 39.5 Å². The van der Waals surface area contributed by atoms with Crippen molar-refractivity contribution in [1.29, 1.82) is 0 Å². The lowest BCUT2D eigenvalue weighted by Gasteiger charge is -2.51. The molecule has 0 spiro atoms. The summed E-state index contributed by atoms with van der Waals surface area (Å²) in [5.74, 6) is -2.10. The number of rotatable bonds is 8. The Morgan fingerprint density at radius 2 is 0.550 bits per heavy atom. The molecule has 0 saturated carbocycles. The summed E-state index contributed by atoms with van der Waals surface area (Å²) in [6.45, 7) is 0. The summed E-state index contributed by atoms with van der Waals surface area (Å²) in [6, 6.07) is 104. The van der Waals surface area contributed by atoms with E-state index in [2.05, 4.69) is 206 Å². The predicted octanol–water partition coefficient (Wildman–Crippen LogP) is 14.2. The largest absolute Gasteiger partial charge is 0.550 e. The minimum atomic E-state index is -1.21. The predicted molar refractivity (Wildman–Crippen MR) is 318 cm³/mol. The Morgan fingerprint density at radius 1 is 0.312 bits per heavy atom. The number of hydrogen-bond donors (Lipinski definition) is 0. The second-order valence-corrected chi connectivity index (χ2v) is 24.2. The molecule has 0 amide bonds. The fourth-order valence-corrected chi connectivity index (χ4v) is 16.8. The average Bonchev–Trinajstić information content (AvgIpc) is 1.70. The molecule has 1 unspecified atom stereocenters. The lowest BCUT2D eigenvalue weighted by atomic mass is 9.53. The fraction of sp³-hybridized carbons (Fsp3) is 0.0811. The molecule has 6 aliphatic carbocycles. The van der Waals surface area contributed by atoms with E-state index in [0.29, 0.717) is 6.42 Å². The van der Waals surface area contributed by atoms with Crippen molar-refractivity contribution < 1.29 is 19.8 Å². The van der Waals surface area contributed by atoms with E-state index in [1.165, 1.54) is 51.6 Å². The van der Waals surface area contributed by atoms with Crippen molar-refractivity contribution in [1.82, 2.24) is 0 Å². The highest BCUT2D eigenvalue weighted by molar-refractivity contribution is 7.97. The van der Waals surface area contributed by atoms with E-state index in [0.717, 1.165) is 33.4 Å². The van der Waals surface area contributed by atoms with E-state index < -0.39 is 23.3 Å². The van der Waals surface area contributed by atoms with Crippen molar-refractivity contribution in [2.24, 2.45) is 5.92 Å². The average molecular weight is 1070 g/mol. The van der Waals surface area contributed by atoms with Crippen LogP contribution in [0.5, 0.6) is 0 Å². The third kappa shape index (κ3) is 9.65. The van der Waals surface area contributed by atoms with Crippen LogP contribution in [0.25, 0.3) is 0 Å². The summed E-state index contributed by atoms with van der Waals surface area (Å²) in [6.07, 6.45) is 0.668. The van der Waals surface area contributed by atoms with Gasteiger partial charge in [-0.25, -0.2) is 0 Å². The maximum absolute atomic E-state index is 12.5. The summed E-state index contributed by atoms with van der Waals surface area (Å²) < 4.78 is 0. The lowest BCUT2D eigenvalue weighted by Crippen LogP contribution is -2.53. The topological polar surface area (TPSA) is 80.3 Å². The maximum Gasteiger partial charge on any atom is 0.166 e. The summed E-state index contributed by atoms with van der Waals surface area (Å²) >= 11 is 0. The molecule has 17 rings (SSSR count). The smallest absolute Gasteiger partial charge is 0.166 e. The zero-order valence-electron chi connectivity index (χ0n) is 43.8. The Labute approximate surface area is 474 Å². The van der Waals surface area contributed by atoms with Crippen LogP contribution in [-0.2, 0) is 36.8 Å². The third-order valence-corrected chi connectivity index (χ3v) is 20.3. The number of fused-ring (bicyclic) bond motifs is 1. The van der Waals surface area contributed by atoms with Crippen LogP contribution in [0, 0.1) is 5.92 Å². The SMILES string of the molecule is O=C([O-])C12c3ccccc3C(c3ccccc31)c1ccccc12.O=C([O-])C1CC2c3ccccc3C1c1ccccc12.c1ccc([S+](c2ccccc2)c2ccccc2)cc1.c1ccc([S+](c2ccccc2)c2ccccc2)cc1. The monoisotopic (exact) mass is 1070 g/mol. The number of carboxylic acid groups (broad SMARTS) is 2. The molecule has 0 aliphatic heterocycles. The Bertz CT molecular complexity index is 3440. The van der Waals surface area contributed by atoms with Gasteiger partial charge >= 0.3 is 0 Å². The van der Waals surface area contributed by atoms with Crippen LogP contribution in [0.4, 0.5) is 0 Å². The van der Waals surface area contributed by atoms with Crippen LogP contribution in [0.1, 0.15) is 79.8 Å². The van der Waals surface area contributed by atoms with Crippen molar-refractivity contribution in [2.45, 2.75) is 59.0 Å². The van der Waals surface area contributed by atoms with Crippen LogP contribution in [0.15, 0.2) is 333 Å². The Balaban J connectivity index is 0.000000107. The molecular weight excluding hydrogens is 1020 g/mol. The first kappa shape index (κ1) is 51.8. The normalized spacial score (nSPS) is 17.9. The molecule has 0 fully saturated rings. The highest BCUT2D eigenvalue weighted by Gasteiger charge is 2.52. The van der Waals surface area contributed by atoms with E-state index in [4.69, 9.17) is 0 Å². The second-order valence-electron chi connectivity index (χ2n) is 20.2. The van der Waals surface area contributed by atoms with Gasteiger partial charge in [0.15, 0.2) is 29.4 Å². The van der Waals surface area contributed by atoms with Gasteiger partial charge in [-0.3, -0.25) is 0 Å². The van der Waals surface area contributed by atoms with E-state index in [1.807, 2.05) is 97.1 Å². The van der Waals surface area contributed by atoms with Crippen LogP contribution in [0.3, 0.4) is 0 Å². The number of carboxylic acids is 2. The van der Waals surface area contributed by atoms with E-state index >= 15 is 0 Å². The fourth-order valence-electron chi connectivity index (χ4n) is 12.6. The molecular formula is C74H56O4S2. The summed E-state index contributed by atoms with van der Waals surface area (Å²) in [4.78, 5) is 32.1. The molecule has 11 aromatic rings. The van der Waals surface area contributed by atoms with Gasteiger partial charge in [0, 0.05) is 29.6 Å². The minimum Gasteiger partial charge on any atom is -0.550 e. The van der Waals surface area contributed by atoms with Gasteiger partial charge in [-0.15, -0.1) is 0 Å². The Hall–Kier alpha value is -8.94. The van der Waals surface area contributed by atoms with Crippen molar-refractivity contribution in [3.8, 4) is 0 Å². The maximum atomic E-state index is 12.5. The van der Waals surface area contributed by atoms with Gasteiger partial charge in [0.2, 0.25) is 0 Å². The van der Waals surface area contributed by atoms with Crippen molar-refractivity contribution in [3.63, 3.8) is 0 Å². The van der Waals surface area contributed by atoms with Gasteiger partial charge in [-0.1, -0.05) is 231 Å². The molecule has 388 valence electrons. The third-order valence-electron chi connectivity index (χ3n) is 15.8. The van der Waals surface area contributed by atoms with Crippen molar-refractivity contribution in [3.05, 3.63) is 359 Å². The molecule has 0 heterocycles. The van der Waals surface area contributed by atoms with Crippen LogP contribution in [0.2, 0.25) is 0 Å². The molecule has 6 aliphatic rings. The van der Waals surface area contributed by atoms with Crippen molar-refractivity contribution in [2.75, 3.05) is 0 Å². The van der Waals surface area contributed by atoms with Crippen LogP contribution < -0.4 is 10.2 Å². The zero-order valence-corrected chi connectivity index (χ0v) is 45.5. The zero-order chi connectivity index (χ0) is 54.4. The molecule has 0 radical (unpaired) electrons. The Morgan fingerprint density at radius 3 is 0.812 bits per heavy atom. The molecule has 0 aromatic heterocycles. The lowest BCUT2D eigenvalue weighted by molar-refractivity contribution is -0.313. The molecule has 0 N–H and O–H groups in total. The van der Waals surface area contributed by atoms with Gasteiger partial charge < -0.3 is 19.8 Å². The molecule has 4 bridgehead atoms. The molecule has 11 aromatic carbocycles. The molecule has 0 saturated heterocycles. The first-order chi connectivity index (χ1) is 39.4. The second kappa shape index (κ2) is 23.2. The minimum absolute atomic E-state index is 0.0146. The highest BCUT2D eigenvalue weighted by Crippen LogP contribution is 2.59. The standard InChI is InChI=1S/C21H14O2.2C18H15S.C17H14O2/c22-20(23)21-16-10-4-1-7-13(16)19(14-8-2-5-11-17(14)21)15-9-3-6-12-18(15)21;2*1-4-10-16(11-5-1)19(17-12-6-2-7-13-17)18-14-8-3-9-15-18;18-17(19)15-9-14-10-5-1-3-7-12(10)16(15)13-8-4-2-6-11(13)14/h1-12,19H,(H,22,23);2*1-15H;1-8,14-16H,9H2,(H,18,19)/q;2*+1;/p-2. The summed E-state index contributed by atoms with van der Waals surface area (Å²) in [7, 11) is -0.0293. The first-order valence-electron chi connectivity index (χ1n) is 27.1. The number of hydrogen-bond acceptors (Lipinski definition) is 4. The van der Waals surface area contributed by atoms with Gasteiger partial charge in [-0.2, -0.15) is 0 Å². The van der Waals surface area contributed by atoms with Gasteiger partial charge in [-0.05, 0) is 135 Å². The van der Waals surface area contributed by atoms with E-state index in [9.17, 15) is 19.8 Å². The summed E-state index contributed by atoms with van der Waals surface area (Å²) in [5.41, 5.74) is 9.51.